The fourth-order valence-electron chi connectivity index (χ4n) is 3.94. The van der Waals surface area contributed by atoms with Crippen molar-refractivity contribution >= 4 is 24.1 Å². The molecule has 3 aromatic rings. The highest BCUT2D eigenvalue weighted by atomic mass is 35.5. The van der Waals surface area contributed by atoms with E-state index < -0.39 is 0 Å². The monoisotopic (exact) mass is 469 g/mol. The summed E-state index contributed by atoms with van der Waals surface area (Å²) >= 11 is 0. The molecule has 1 amide bonds. The molecule has 1 saturated carbocycles. The molecule has 2 aliphatic rings. The Labute approximate surface area is 199 Å². The standard InChI is InChI=1S/C23H27N7O2.ClH/c1-16-14-20(27-22(26-16)23(3)8-9-23)29-13-12-28(17(2)15-32-29)21(31)18-6-4-5-7-19(18)30-24-10-11-25-30;/h4-7,10-11,14,17H,8-9,12-13,15H2,1-3H3;1H/t17-;/m1./s1. The number of hydrogen-bond donors (Lipinski definition) is 0. The first-order valence-electron chi connectivity index (χ1n) is 11.0. The van der Waals surface area contributed by atoms with Gasteiger partial charge in [-0.3, -0.25) is 9.63 Å². The molecule has 10 heteroatoms. The zero-order valence-electron chi connectivity index (χ0n) is 19.0. The molecule has 0 radical (unpaired) electrons. The molecule has 2 aromatic heterocycles. The number of rotatable bonds is 4. The lowest BCUT2D eigenvalue weighted by Gasteiger charge is -2.26. The molecule has 1 saturated heterocycles. The SMILES string of the molecule is Cc1cc(N2CCN(C(=O)c3ccccc3-n3nccn3)[C@H](C)CO2)nc(C2(C)CC2)n1.Cl. The van der Waals surface area contributed by atoms with Crippen LogP contribution in [0, 0.1) is 6.92 Å². The summed E-state index contributed by atoms with van der Waals surface area (Å²) in [4.78, 5) is 32.4. The van der Waals surface area contributed by atoms with Crippen LogP contribution >= 0.6 is 12.4 Å². The van der Waals surface area contributed by atoms with Crippen molar-refractivity contribution in [3.05, 3.63) is 59.8 Å². The number of aryl methyl sites for hydroxylation is 1. The first-order chi connectivity index (χ1) is 15.4. The van der Waals surface area contributed by atoms with Crippen molar-refractivity contribution in [2.24, 2.45) is 0 Å². The van der Waals surface area contributed by atoms with E-state index in [1.54, 1.807) is 17.5 Å². The van der Waals surface area contributed by atoms with E-state index >= 15 is 0 Å². The van der Waals surface area contributed by atoms with Crippen LogP contribution in [0.25, 0.3) is 5.69 Å². The number of aromatic nitrogens is 5. The Morgan fingerprint density at radius 1 is 1.12 bits per heavy atom. The Balaban J connectivity index is 0.00000259. The normalized spacial score (nSPS) is 19.5. The average Bonchev–Trinajstić information content (AvgIpc) is 3.38. The van der Waals surface area contributed by atoms with Gasteiger partial charge in [-0.2, -0.15) is 15.0 Å². The number of para-hydroxylation sites is 1. The van der Waals surface area contributed by atoms with Crippen LogP contribution in [-0.4, -0.2) is 61.5 Å². The summed E-state index contributed by atoms with van der Waals surface area (Å²) in [5.74, 6) is 1.56. The van der Waals surface area contributed by atoms with Gasteiger partial charge in [-0.15, -0.1) is 12.4 Å². The Kier molecular flexibility index (Phi) is 6.36. The Bertz CT molecular complexity index is 1130. The first-order valence-corrected chi connectivity index (χ1v) is 11.0. The van der Waals surface area contributed by atoms with Crippen LogP contribution in [0.2, 0.25) is 0 Å². The van der Waals surface area contributed by atoms with Gasteiger partial charge in [0.2, 0.25) is 0 Å². The van der Waals surface area contributed by atoms with Crippen molar-refractivity contribution in [3.8, 4) is 5.69 Å². The molecule has 3 heterocycles. The predicted octanol–water partition coefficient (Wildman–Crippen LogP) is 3.12. The van der Waals surface area contributed by atoms with Crippen LogP contribution < -0.4 is 5.06 Å². The lowest BCUT2D eigenvalue weighted by Crippen LogP contribution is -2.41. The van der Waals surface area contributed by atoms with E-state index in [0.29, 0.717) is 30.9 Å². The second-order valence-electron chi connectivity index (χ2n) is 8.83. The highest BCUT2D eigenvalue weighted by Gasteiger charge is 2.42. The number of hydrogen-bond acceptors (Lipinski definition) is 7. The lowest BCUT2D eigenvalue weighted by atomic mass is 10.1. The molecule has 0 N–H and O–H groups in total. The molecule has 1 atom stereocenters. The van der Waals surface area contributed by atoms with Gasteiger partial charge in [-0.25, -0.2) is 15.0 Å². The third kappa shape index (κ3) is 4.56. The van der Waals surface area contributed by atoms with Crippen molar-refractivity contribution in [3.63, 3.8) is 0 Å². The van der Waals surface area contributed by atoms with Crippen molar-refractivity contribution in [1.29, 1.82) is 0 Å². The summed E-state index contributed by atoms with van der Waals surface area (Å²) in [6, 6.07) is 9.23. The van der Waals surface area contributed by atoms with Crippen LogP contribution in [0.15, 0.2) is 42.7 Å². The van der Waals surface area contributed by atoms with E-state index in [2.05, 4.69) is 22.1 Å². The summed E-state index contributed by atoms with van der Waals surface area (Å²) in [6.45, 7) is 7.59. The van der Waals surface area contributed by atoms with Crippen LogP contribution in [-0.2, 0) is 10.3 Å². The third-order valence-corrected chi connectivity index (χ3v) is 6.21. The maximum Gasteiger partial charge on any atom is 0.256 e. The number of benzene rings is 1. The minimum atomic E-state index is -0.102. The Morgan fingerprint density at radius 2 is 1.85 bits per heavy atom. The summed E-state index contributed by atoms with van der Waals surface area (Å²) in [5, 5.41) is 10.2. The molecule has 1 aliphatic carbocycles. The molecule has 0 spiro atoms. The summed E-state index contributed by atoms with van der Waals surface area (Å²) in [7, 11) is 0. The molecule has 0 bridgehead atoms. The molecule has 9 nitrogen and oxygen atoms in total. The number of halogens is 1. The highest BCUT2D eigenvalue weighted by Crippen LogP contribution is 2.46. The van der Waals surface area contributed by atoms with Gasteiger partial charge in [0.25, 0.3) is 5.91 Å². The number of carbonyl (C=O) groups is 1. The molecule has 2 fully saturated rings. The van der Waals surface area contributed by atoms with Gasteiger partial charge in [0.15, 0.2) is 5.82 Å². The molecule has 1 aromatic carbocycles. The van der Waals surface area contributed by atoms with E-state index in [9.17, 15) is 4.79 Å². The van der Waals surface area contributed by atoms with Gasteiger partial charge in [-0.1, -0.05) is 19.1 Å². The topological polar surface area (TPSA) is 89.3 Å². The summed E-state index contributed by atoms with van der Waals surface area (Å²) in [5.41, 5.74) is 2.22. The number of nitrogens with zero attached hydrogens (tertiary/aromatic N) is 7. The molecular formula is C23H28ClN7O2. The van der Waals surface area contributed by atoms with Crippen LogP contribution in [0.4, 0.5) is 5.82 Å². The number of amides is 1. The summed E-state index contributed by atoms with van der Waals surface area (Å²) < 4.78 is 0. The molecule has 1 aliphatic heterocycles. The van der Waals surface area contributed by atoms with Crippen molar-refractivity contribution in [2.45, 2.75) is 45.1 Å². The molecule has 174 valence electrons. The number of anilines is 1. The van der Waals surface area contributed by atoms with Gasteiger partial charge in [0, 0.05) is 23.7 Å². The highest BCUT2D eigenvalue weighted by molar-refractivity contribution is 5.98. The van der Waals surface area contributed by atoms with E-state index in [1.807, 2.05) is 49.1 Å². The minimum absolute atomic E-state index is 0. The quantitative estimate of drug-likeness (QED) is 0.579. The fourth-order valence-corrected chi connectivity index (χ4v) is 3.94. The second-order valence-corrected chi connectivity index (χ2v) is 8.83. The van der Waals surface area contributed by atoms with Crippen LogP contribution in [0.1, 0.15) is 48.6 Å². The van der Waals surface area contributed by atoms with Crippen molar-refractivity contribution in [1.82, 2.24) is 29.9 Å². The van der Waals surface area contributed by atoms with Gasteiger partial charge in [-0.05, 0) is 38.8 Å². The average molecular weight is 470 g/mol. The molecule has 5 rings (SSSR count). The van der Waals surface area contributed by atoms with E-state index in [-0.39, 0.29) is 29.8 Å². The maximum absolute atomic E-state index is 13.5. The first kappa shape index (κ1) is 23.1. The smallest absolute Gasteiger partial charge is 0.256 e. The maximum atomic E-state index is 13.5. The van der Waals surface area contributed by atoms with Crippen molar-refractivity contribution in [2.75, 3.05) is 24.8 Å². The van der Waals surface area contributed by atoms with E-state index in [0.717, 1.165) is 30.2 Å². The number of hydroxylamine groups is 1. The van der Waals surface area contributed by atoms with Crippen LogP contribution in [0.5, 0.6) is 0 Å². The van der Waals surface area contributed by atoms with Crippen LogP contribution in [0.3, 0.4) is 0 Å². The fraction of sp³-hybridized carbons (Fsp3) is 0.435. The lowest BCUT2D eigenvalue weighted by molar-refractivity contribution is 0.0599. The van der Waals surface area contributed by atoms with Gasteiger partial charge in [0.1, 0.15) is 5.82 Å². The van der Waals surface area contributed by atoms with Gasteiger partial charge in [0.05, 0.1) is 42.8 Å². The Morgan fingerprint density at radius 3 is 2.58 bits per heavy atom. The second kappa shape index (κ2) is 9.07. The molecular weight excluding hydrogens is 442 g/mol. The Hall–Kier alpha value is -3.04. The predicted molar refractivity (Wildman–Crippen MR) is 126 cm³/mol. The summed E-state index contributed by atoms with van der Waals surface area (Å²) in [6.07, 6.45) is 5.42. The minimum Gasteiger partial charge on any atom is -0.332 e. The third-order valence-electron chi connectivity index (χ3n) is 6.21. The van der Waals surface area contributed by atoms with E-state index in [4.69, 9.17) is 9.82 Å². The number of carbonyl (C=O) groups excluding carboxylic acids is 1. The van der Waals surface area contributed by atoms with Gasteiger partial charge >= 0.3 is 0 Å². The largest absolute Gasteiger partial charge is 0.332 e. The van der Waals surface area contributed by atoms with E-state index in [1.165, 1.54) is 4.80 Å². The zero-order valence-corrected chi connectivity index (χ0v) is 19.8. The molecule has 0 unspecified atom stereocenters. The van der Waals surface area contributed by atoms with Gasteiger partial charge < -0.3 is 4.90 Å². The molecule has 33 heavy (non-hydrogen) atoms. The zero-order chi connectivity index (χ0) is 22.3. The van der Waals surface area contributed by atoms with Crippen molar-refractivity contribution < 1.29 is 9.63 Å².